The predicted molar refractivity (Wildman–Crippen MR) is 101 cm³/mol. The van der Waals surface area contributed by atoms with E-state index in [0.717, 1.165) is 6.42 Å². The van der Waals surface area contributed by atoms with Crippen molar-refractivity contribution in [1.82, 2.24) is 0 Å². The summed E-state index contributed by atoms with van der Waals surface area (Å²) in [4.78, 5) is 13.5. The molecule has 3 aliphatic heterocycles. The molecule has 1 aromatic rings. The summed E-state index contributed by atoms with van der Waals surface area (Å²) in [5, 5.41) is 11.8. The first-order valence-corrected chi connectivity index (χ1v) is 9.23. The molecule has 0 N–H and O–H groups in total. The van der Waals surface area contributed by atoms with Crippen LogP contribution >= 0.6 is 0 Å². The Morgan fingerprint density at radius 1 is 1.26 bits per heavy atom. The van der Waals surface area contributed by atoms with Crippen LogP contribution in [-0.2, 0) is 14.0 Å². The van der Waals surface area contributed by atoms with Crippen molar-refractivity contribution < 1.29 is 23.7 Å². The van der Waals surface area contributed by atoms with E-state index in [-0.39, 0.29) is 22.8 Å². The maximum absolute atomic E-state index is 11.8. The van der Waals surface area contributed by atoms with E-state index in [2.05, 4.69) is 4.90 Å². The largest absolute Gasteiger partial charge is 0.498 e. The molecule has 3 fully saturated rings. The Morgan fingerprint density at radius 3 is 2.41 bits per heavy atom. The summed E-state index contributed by atoms with van der Waals surface area (Å²) < 4.78 is 23.4. The van der Waals surface area contributed by atoms with Crippen LogP contribution in [0.4, 0.5) is 11.4 Å². The Morgan fingerprint density at radius 2 is 1.93 bits per heavy atom. The molecule has 27 heavy (non-hydrogen) atoms. The second-order valence-electron chi connectivity index (χ2n) is 8.43. The van der Waals surface area contributed by atoms with Gasteiger partial charge < -0.3 is 23.7 Å². The third-order valence-electron chi connectivity index (χ3n) is 6.24. The molecule has 3 aliphatic rings. The van der Waals surface area contributed by atoms with Crippen LogP contribution in [0.15, 0.2) is 12.1 Å². The average Bonchev–Trinajstić information content (AvgIpc) is 3.27. The highest BCUT2D eigenvalue weighted by Gasteiger charge is 2.53. The zero-order valence-electron chi connectivity index (χ0n) is 16.4. The molecule has 2 bridgehead atoms. The summed E-state index contributed by atoms with van der Waals surface area (Å²) in [6.07, 6.45) is 1.04. The number of hydrogen-bond donors (Lipinski definition) is 0. The number of benzene rings is 1. The topological polar surface area (TPSA) is 83.3 Å². The van der Waals surface area contributed by atoms with Gasteiger partial charge in [-0.15, -0.1) is 0 Å². The van der Waals surface area contributed by atoms with Crippen LogP contribution in [0.1, 0.15) is 34.1 Å². The highest BCUT2D eigenvalue weighted by molar-refractivity contribution is 6.63. The summed E-state index contributed by atoms with van der Waals surface area (Å²) in [6, 6.07) is 3.43. The number of anilines is 1. The van der Waals surface area contributed by atoms with Crippen molar-refractivity contribution in [3.05, 3.63) is 22.2 Å². The van der Waals surface area contributed by atoms with Crippen molar-refractivity contribution in [1.29, 1.82) is 0 Å². The second kappa shape index (κ2) is 6.08. The van der Waals surface area contributed by atoms with Gasteiger partial charge in [-0.2, -0.15) is 0 Å². The number of hydrogen-bond acceptors (Lipinski definition) is 7. The van der Waals surface area contributed by atoms with Crippen LogP contribution in [0.5, 0.6) is 5.75 Å². The molecule has 4 rings (SSSR count). The minimum absolute atomic E-state index is 0.0352. The number of nitro groups is 1. The zero-order valence-corrected chi connectivity index (χ0v) is 16.4. The van der Waals surface area contributed by atoms with E-state index in [1.54, 1.807) is 13.2 Å². The fourth-order valence-corrected chi connectivity index (χ4v) is 3.98. The fraction of sp³-hybridized carbons (Fsp3) is 0.667. The lowest BCUT2D eigenvalue weighted by Gasteiger charge is -2.32. The van der Waals surface area contributed by atoms with Crippen molar-refractivity contribution in [2.24, 2.45) is 0 Å². The lowest BCUT2D eigenvalue weighted by atomic mass is 9.77. The second-order valence-corrected chi connectivity index (χ2v) is 8.43. The molecule has 0 radical (unpaired) electrons. The summed E-state index contributed by atoms with van der Waals surface area (Å²) in [7, 11) is 0.829. The third kappa shape index (κ3) is 2.88. The molecular weight excluding hydrogens is 351 g/mol. The van der Waals surface area contributed by atoms with Crippen LogP contribution < -0.4 is 15.1 Å². The maximum atomic E-state index is 11.8. The average molecular weight is 376 g/mol. The Balaban J connectivity index is 1.76. The first-order valence-electron chi connectivity index (χ1n) is 9.23. The van der Waals surface area contributed by atoms with E-state index in [1.165, 1.54) is 6.07 Å². The summed E-state index contributed by atoms with van der Waals surface area (Å²) in [6.45, 7) is 9.05. The molecule has 0 amide bonds. The lowest BCUT2D eigenvalue weighted by molar-refractivity contribution is -0.384. The van der Waals surface area contributed by atoms with E-state index in [1.807, 2.05) is 27.7 Å². The van der Waals surface area contributed by atoms with Crippen molar-refractivity contribution in [3.63, 3.8) is 0 Å². The van der Waals surface area contributed by atoms with E-state index in [4.69, 9.17) is 18.8 Å². The van der Waals surface area contributed by atoms with Crippen molar-refractivity contribution in [3.8, 4) is 5.75 Å². The first kappa shape index (κ1) is 18.5. The molecule has 0 aliphatic carbocycles. The number of morpholine rings is 1. The molecule has 0 unspecified atom stereocenters. The molecule has 0 spiro atoms. The van der Waals surface area contributed by atoms with E-state index < -0.39 is 18.3 Å². The van der Waals surface area contributed by atoms with E-state index in [9.17, 15) is 10.1 Å². The van der Waals surface area contributed by atoms with Gasteiger partial charge in [0.2, 0.25) is 0 Å². The van der Waals surface area contributed by atoms with Crippen molar-refractivity contribution in [2.75, 3.05) is 25.2 Å². The minimum atomic E-state index is -0.726. The Kier molecular flexibility index (Phi) is 4.17. The Bertz CT molecular complexity index is 767. The van der Waals surface area contributed by atoms with Crippen LogP contribution in [0, 0.1) is 10.1 Å². The minimum Gasteiger partial charge on any atom is -0.497 e. The molecule has 0 aromatic heterocycles. The highest BCUT2D eigenvalue weighted by atomic mass is 16.7. The van der Waals surface area contributed by atoms with Gasteiger partial charge in [-0.25, -0.2) is 0 Å². The van der Waals surface area contributed by atoms with Crippen molar-refractivity contribution >= 4 is 24.0 Å². The molecule has 3 saturated heterocycles. The number of rotatable bonds is 4. The van der Waals surface area contributed by atoms with Gasteiger partial charge in [0.25, 0.3) is 5.69 Å². The predicted octanol–water partition coefficient (Wildman–Crippen LogP) is 1.88. The van der Waals surface area contributed by atoms with E-state index >= 15 is 0 Å². The zero-order chi connectivity index (χ0) is 19.6. The smallest absolute Gasteiger partial charge is 0.497 e. The first-order chi connectivity index (χ1) is 12.6. The number of nitrogens with zero attached hydrogens (tertiary/aromatic N) is 2. The fourth-order valence-electron chi connectivity index (χ4n) is 3.98. The highest BCUT2D eigenvalue weighted by Crippen LogP contribution is 2.41. The molecular formula is C18H25BN2O6. The van der Waals surface area contributed by atoms with Crippen molar-refractivity contribution in [2.45, 2.75) is 57.5 Å². The molecule has 146 valence electrons. The third-order valence-corrected chi connectivity index (χ3v) is 6.24. The normalized spacial score (nSPS) is 28.0. The Labute approximate surface area is 159 Å². The van der Waals surface area contributed by atoms with Gasteiger partial charge >= 0.3 is 7.12 Å². The summed E-state index contributed by atoms with van der Waals surface area (Å²) in [5.41, 5.74) is 0.0524. The number of ether oxygens (including phenoxy) is 2. The molecule has 1 aromatic carbocycles. The number of nitro benzene ring substituents is 1. The van der Waals surface area contributed by atoms with Crippen LogP contribution in [-0.4, -0.2) is 55.7 Å². The van der Waals surface area contributed by atoms with Gasteiger partial charge in [0.05, 0.1) is 42.0 Å². The molecule has 9 heteroatoms. The van der Waals surface area contributed by atoms with Crippen LogP contribution in [0.25, 0.3) is 0 Å². The standard InChI is InChI=1S/C18H25BN2O6/c1-17(2)18(3,4)27-19(26-17)13-7-15(21(22)23)14(8-16(13)24-5)20-9-12-6-11(20)10-25-12/h7-8,11-12H,6,9-10H2,1-5H3/t11-,12-/m1/s1. The Hall–Kier alpha value is -1.84. The maximum Gasteiger partial charge on any atom is 0.498 e. The molecule has 3 heterocycles. The number of fused-ring (bicyclic) bond motifs is 2. The monoisotopic (exact) mass is 376 g/mol. The quantitative estimate of drug-likeness (QED) is 0.451. The van der Waals surface area contributed by atoms with Gasteiger partial charge in [-0.3, -0.25) is 10.1 Å². The van der Waals surface area contributed by atoms with E-state index in [0.29, 0.717) is 30.1 Å². The van der Waals surface area contributed by atoms with Gasteiger partial charge in [0.15, 0.2) is 0 Å². The lowest BCUT2D eigenvalue weighted by Crippen LogP contribution is -2.41. The number of methoxy groups -OCH3 is 1. The molecule has 8 nitrogen and oxygen atoms in total. The van der Waals surface area contributed by atoms with Gasteiger partial charge in [-0.05, 0) is 34.1 Å². The SMILES string of the molecule is COc1cc(N2C[C@H]3C[C@@H]2CO3)c([N+](=O)[O-])cc1B1OC(C)(C)C(C)(C)O1. The van der Waals surface area contributed by atoms with Gasteiger partial charge in [0.1, 0.15) is 11.4 Å². The van der Waals surface area contributed by atoms with Crippen LogP contribution in [0.2, 0.25) is 0 Å². The van der Waals surface area contributed by atoms with Gasteiger partial charge in [0, 0.05) is 24.1 Å². The molecule has 0 saturated carbocycles. The molecule has 2 atom stereocenters. The van der Waals surface area contributed by atoms with Crippen LogP contribution in [0.3, 0.4) is 0 Å². The summed E-state index contributed by atoms with van der Waals surface area (Å²) in [5.74, 6) is 0.526. The van der Waals surface area contributed by atoms with Gasteiger partial charge in [-0.1, -0.05) is 0 Å². The summed E-state index contributed by atoms with van der Waals surface area (Å²) >= 11 is 0.